The van der Waals surface area contributed by atoms with E-state index < -0.39 is 18.0 Å². The molecule has 0 aliphatic heterocycles. The van der Waals surface area contributed by atoms with Crippen molar-refractivity contribution < 1.29 is 19.1 Å². The summed E-state index contributed by atoms with van der Waals surface area (Å²) >= 11 is 6.03. The zero-order chi connectivity index (χ0) is 18.7. The van der Waals surface area contributed by atoms with Gasteiger partial charge in [-0.2, -0.15) is 0 Å². The van der Waals surface area contributed by atoms with E-state index in [-0.39, 0.29) is 0 Å². The summed E-state index contributed by atoms with van der Waals surface area (Å²) < 4.78 is 10.3. The van der Waals surface area contributed by atoms with Crippen molar-refractivity contribution in [2.45, 2.75) is 13.0 Å². The number of hydrogen-bond donors (Lipinski definition) is 2. The second-order valence-electron chi connectivity index (χ2n) is 5.63. The average Bonchev–Trinajstić information content (AvgIpc) is 3.06. The molecule has 7 heteroatoms. The maximum atomic E-state index is 12.4. The highest BCUT2D eigenvalue weighted by Crippen LogP contribution is 2.27. The van der Waals surface area contributed by atoms with Crippen LogP contribution >= 0.6 is 11.6 Å². The number of para-hydroxylation sites is 1. The summed E-state index contributed by atoms with van der Waals surface area (Å²) in [7, 11) is 1.51. The molecule has 3 aromatic rings. The molecule has 1 aromatic heterocycles. The van der Waals surface area contributed by atoms with Crippen LogP contribution in [-0.2, 0) is 9.53 Å². The highest BCUT2D eigenvalue weighted by Gasteiger charge is 2.21. The largest absolute Gasteiger partial charge is 0.495 e. The van der Waals surface area contributed by atoms with Crippen molar-refractivity contribution in [2.75, 3.05) is 12.4 Å². The first-order valence-corrected chi connectivity index (χ1v) is 8.29. The Labute approximate surface area is 155 Å². The fourth-order valence-electron chi connectivity index (χ4n) is 2.51. The lowest BCUT2D eigenvalue weighted by molar-refractivity contribution is -0.123. The zero-order valence-electron chi connectivity index (χ0n) is 14.2. The third-order valence-electron chi connectivity index (χ3n) is 3.88. The normalized spacial score (nSPS) is 11.8. The molecule has 0 fully saturated rings. The fraction of sp³-hybridized carbons (Fsp3) is 0.158. The number of benzene rings is 2. The minimum Gasteiger partial charge on any atom is -0.495 e. The van der Waals surface area contributed by atoms with Gasteiger partial charge in [-0.05, 0) is 31.2 Å². The van der Waals surface area contributed by atoms with Crippen LogP contribution in [0.15, 0.2) is 48.7 Å². The maximum absolute atomic E-state index is 12.4. The molecule has 0 aliphatic carbocycles. The van der Waals surface area contributed by atoms with Gasteiger partial charge in [-0.1, -0.05) is 29.8 Å². The van der Waals surface area contributed by atoms with E-state index in [0.717, 1.165) is 10.9 Å². The molecule has 0 saturated carbocycles. The molecular formula is C19H17ClN2O4. The third-order valence-corrected chi connectivity index (χ3v) is 4.18. The molecule has 1 atom stereocenters. The summed E-state index contributed by atoms with van der Waals surface area (Å²) in [6.45, 7) is 1.51. The van der Waals surface area contributed by atoms with Crippen molar-refractivity contribution in [1.82, 2.24) is 4.98 Å². The van der Waals surface area contributed by atoms with E-state index in [2.05, 4.69) is 10.3 Å². The van der Waals surface area contributed by atoms with E-state index in [1.165, 1.54) is 14.0 Å². The molecular weight excluding hydrogens is 356 g/mol. The van der Waals surface area contributed by atoms with Gasteiger partial charge in [0, 0.05) is 22.8 Å². The molecule has 26 heavy (non-hydrogen) atoms. The number of methoxy groups -OCH3 is 1. The number of amides is 1. The molecule has 0 aliphatic rings. The van der Waals surface area contributed by atoms with Crippen LogP contribution in [-0.4, -0.2) is 30.1 Å². The summed E-state index contributed by atoms with van der Waals surface area (Å²) in [5, 5.41) is 3.77. The van der Waals surface area contributed by atoms with E-state index >= 15 is 0 Å². The Bertz CT molecular complexity index is 967. The number of esters is 1. The topological polar surface area (TPSA) is 80.4 Å². The number of aromatic amines is 1. The minimum absolute atomic E-state index is 0.369. The van der Waals surface area contributed by atoms with Crippen LogP contribution in [0.3, 0.4) is 0 Å². The van der Waals surface area contributed by atoms with Crippen LogP contribution in [0.1, 0.15) is 17.3 Å². The van der Waals surface area contributed by atoms with Gasteiger partial charge in [0.25, 0.3) is 5.91 Å². The summed E-state index contributed by atoms with van der Waals surface area (Å²) in [6, 6.07) is 12.2. The van der Waals surface area contributed by atoms with Crippen LogP contribution in [0.2, 0.25) is 5.02 Å². The highest BCUT2D eigenvalue weighted by atomic mass is 35.5. The van der Waals surface area contributed by atoms with Crippen LogP contribution in [0.5, 0.6) is 5.75 Å². The number of H-pyrrole nitrogens is 1. The van der Waals surface area contributed by atoms with Crippen LogP contribution in [0.25, 0.3) is 10.9 Å². The van der Waals surface area contributed by atoms with Crippen molar-refractivity contribution in [3.8, 4) is 5.75 Å². The molecule has 0 saturated heterocycles. The van der Waals surface area contributed by atoms with E-state index in [1.54, 1.807) is 24.4 Å². The van der Waals surface area contributed by atoms with Gasteiger partial charge in [-0.15, -0.1) is 0 Å². The standard InChI is InChI=1S/C19H17ClN2O4/c1-11(18(23)22-12-7-8-17(25-2)15(20)9-12)26-19(24)14-10-21-16-6-4-3-5-13(14)16/h3-11,21H,1-2H3,(H,22,23)/t11-/m1/s1. The monoisotopic (exact) mass is 372 g/mol. The van der Waals surface area contributed by atoms with Gasteiger partial charge in [0.1, 0.15) is 5.75 Å². The Morgan fingerprint density at radius 1 is 1.19 bits per heavy atom. The van der Waals surface area contributed by atoms with E-state index in [9.17, 15) is 9.59 Å². The number of anilines is 1. The molecule has 3 rings (SSSR count). The number of rotatable bonds is 5. The van der Waals surface area contributed by atoms with Gasteiger partial charge in [-0.25, -0.2) is 4.79 Å². The Hall–Kier alpha value is -2.99. The summed E-state index contributed by atoms with van der Waals surface area (Å²) in [5.41, 5.74) is 1.69. The number of aromatic nitrogens is 1. The Kier molecular flexibility index (Phi) is 5.14. The van der Waals surface area contributed by atoms with Crippen LogP contribution < -0.4 is 10.1 Å². The molecule has 2 aromatic carbocycles. The van der Waals surface area contributed by atoms with Crippen molar-refractivity contribution in [3.05, 3.63) is 59.2 Å². The number of halogens is 1. The van der Waals surface area contributed by atoms with Crippen molar-refractivity contribution in [2.24, 2.45) is 0 Å². The predicted octanol–water partition coefficient (Wildman–Crippen LogP) is 4.01. The van der Waals surface area contributed by atoms with Crippen molar-refractivity contribution >= 4 is 40.1 Å². The lowest BCUT2D eigenvalue weighted by atomic mass is 10.2. The molecule has 0 radical (unpaired) electrons. The van der Waals surface area contributed by atoms with Crippen LogP contribution in [0, 0.1) is 0 Å². The van der Waals surface area contributed by atoms with E-state index in [4.69, 9.17) is 21.1 Å². The van der Waals surface area contributed by atoms with Gasteiger partial charge in [0.15, 0.2) is 6.10 Å². The first kappa shape index (κ1) is 17.8. The lowest BCUT2D eigenvalue weighted by Gasteiger charge is -2.14. The zero-order valence-corrected chi connectivity index (χ0v) is 15.0. The van der Waals surface area contributed by atoms with E-state index in [1.807, 2.05) is 24.3 Å². The molecule has 1 heterocycles. The molecule has 0 bridgehead atoms. The fourth-order valence-corrected chi connectivity index (χ4v) is 2.76. The van der Waals surface area contributed by atoms with E-state index in [0.29, 0.717) is 22.0 Å². The second kappa shape index (κ2) is 7.49. The number of ether oxygens (including phenoxy) is 2. The summed E-state index contributed by atoms with van der Waals surface area (Å²) in [6.07, 6.45) is 0.595. The maximum Gasteiger partial charge on any atom is 0.341 e. The van der Waals surface area contributed by atoms with Gasteiger partial charge in [0.05, 0.1) is 17.7 Å². The average molecular weight is 373 g/mol. The number of hydrogen-bond acceptors (Lipinski definition) is 4. The Morgan fingerprint density at radius 2 is 1.96 bits per heavy atom. The first-order valence-electron chi connectivity index (χ1n) is 7.91. The van der Waals surface area contributed by atoms with Gasteiger partial charge in [0.2, 0.25) is 0 Å². The molecule has 6 nitrogen and oxygen atoms in total. The molecule has 1 amide bonds. The van der Waals surface area contributed by atoms with Crippen LogP contribution in [0.4, 0.5) is 5.69 Å². The smallest absolute Gasteiger partial charge is 0.341 e. The number of fused-ring (bicyclic) bond motifs is 1. The minimum atomic E-state index is -0.975. The third kappa shape index (κ3) is 3.65. The Balaban J connectivity index is 1.67. The number of carbonyl (C=O) groups excluding carboxylic acids is 2. The molecule has 0 unspecified atom stereocenters. The predicted molar refractivity (Wildman–Crippen MR) is 99.8 cm³/mol. The Morgan fingerprint density at radius 3 is 2.69 bits per heavy atom. The van der Waals surface area contributed by atoms with Crippen molar-refractivity contribution in [3.63, 3.8) is 0 Å². The van der Waals surface area contributed by atoms with Gasteiger partial charge >= 0.3 is 5.97 Å². The summed E-state index contributed by atoms with van der Waals surface area (Å²) in [4.78, 5) is 27.6. The molecule has 2 N–H and O–H groups in total. The van der Waals surface area contributed by atoms with Crippen molar-refractivity contribution in [1.29, 1.82) is 0 Å². The van der Waals surface area contributed by atoms with Gasteiger partial charge in [-0.3, -0.25) is 4.79 Å². The highest BCUT2D eigenvalue weighted by molar-refractivity contribution is 6.32. The SMILES string of the molecule is COc1ccc(NC(=O)[C@@H](C)OC(=O)c2c[nH]c3ccccc23)cc1Cl. The molecule has 134 valence electrons. The van der Waals surface area contributed by atoms with Gasteiger partial charge < -0.3 is 19.8 Å². The number of carbonyl (C=O) groups is 2. The summed E-state index contributed by atoms with van der Waals surface area (Å²) in [5.74, 6) is -0.527. The molecule has 0 spiro atoms. The second-order valence-corrected chi connectivity index (χ2v) is 6.04. The first-order chi connectivity index (χ1) is 12.5. The quantitative estimate of drug-likeness (QED) is 0.663. The number of nitrogens with one attached hydrogen (secondary N) is 2. The lowest BCUT2D eigenvalue weighted by Crippen LogP contribution is -2.29.